The number of halogens is 6. The fraction of sp³-hybridized carbons (Fsp3) is 0.105. The molecule has 0 aliphatic rings. The van der Waals surface area contributed by atoms with Gasteiger partial charge in [-0.1, -0.05) is 11.6 Å². The molecule has 0 aliphatic heterocycles. The maximum absolute atomic E-state index is 13.7. The number of amides is 1. The van der Waals surface area contributed by atoms with Crippen molar-refractivity contribution in [2.24, 2.45) is 0 Å². The molecule has 0 bridgehead atoms. The molecule has 10 heteroatoms. The molecule has 29 heavy (non-hydrogen) atoms. The fourth-order valence-corrected chi connectivity index (χ4v) is 3.24. The number of hydrogen-bond acceptors (Lipinski definition) is 3. The maximum atomic E-state index is 13.7. The standard InChI is InChI=1S/C19H11ClF5NO2S/c1-8-4-10(2-3-11(8)20)28-6-9-5-12(29-7-9)19(27)26-18-16(24)14(22)13(21)15(23)17(18)25/h2-5,7H,6H2,1H3,(H,26,27). The van der Waals surface area contributed by atoms with E-state index in [2.05, 4.69) is 0 Å². The molecule has 3 nitrogen and oxygen atoms in total. The lowest BCUT2D eigenvalue weighted by Crippen LogP contribution is -2.16. The molecule has 0 fully saturated rings. The monoisotopic (exact) mass is 447 g/mol. The van der Waals surface area contributed by atoms with E-state index in [4.69, 9.17) is 16.3 Å². The lowest BCUT2D eigenvalue weighted by atomic mass is 10.2. The molecule has 3 aromatic rings. The maximum Gasteiger partial charge on any atom is 0.265 e. The second kappa shape index (κ2) is 8.38. The second-order valence-corrected chi connectivity index (χ2v) is 7.24. The highest BCUT2D eigenvalue weighted by molar-refractivity contribution is 7.12. The van der Waals surface area contributed by atoms with Crippen molar-refractivity contribution in [2.45, 2.75) is 13.5 Å². The number of ether oxygens (including phenoxy) is 1. The van der Waals surface area contributed by atoms with Crippen LogP contribution in [0.2, 0.25) is 5.02 Å². The van der Waals surface area contributed by atoms with E-state index in [1.54, 1.807) is 28.9 Å². The molecule has 0 spiro atoms. The summed E-state index contributed by atoms with van der Waals surface area (Å²) in [5, 5.41) is 3.87. The topological polar surface area (TPSA) is 38.3 Å². The van der Waals surface area contributed by atoms with Gasteiger partial charge < -0.3 is 10.1 Å². The van der Waals surface area contributed by atoms with Gasteiger partial charge in [0.15, 0.2) is 23.3 Å². The van der Waals surface area contributed by atoms with Crippen molar-refractivity contribution in [1.82, 2.24) is 0 Å². The van der Waals surface area contributed by atoms with Gasteiger partial charge in [-0.05, 0) is 42.1 Å². The van der Waals surface area contributed by atoms with Gasteiger partial charge in [-0.15, -0.1) is 11.3 Å². The smallest absolute Gasteiger partial charge is 0.265 e. The predicted molar refractivity (Wildman–Crippen MR) is 99.0 cm³/mol. The third-order valence-corrected chi connectivity index (χ3v) is 5.26. The summed E-state index contributed by atoms with van der Waals surface area (Å²) in [7, 11) is 0. The first-order valence-corrected chi connectivity index (χ1v) is 9.24. The Kier molecular flexibility index (Phi) is 6.09. The van der Waals surface area contributed by atoms with Gasteiger partial charge in [0.05, 0.1) is 4.88 Å². The Morgan fingerprint density at radius 1 is 1.03 bits per heavy atom. The quantitative estimate of drug-likeness (QED) is 0.286. The van der Waals surface area contributed by atoms with Crippen LogP contribution in [0.4, 0.5) is 27.6 Å². The Labute approximate surface area is 170 Å². The molecule has 2 aromatic carbocycles. The van der Waals surface area contributed by atoms with Crippen LogP contribution in [0.1, 0.15) is 20.8 Å². The zero-order chi connectivity index (χ0) is 21.3. The number of aryl methyl sites for hydroxylation is 1. The van der Waals surface area contributed by atoms with Gasteiger partial charge in [-0.3, -0.25) is 4.79 Å². The molecular weight excluding hydrogens is 437 g/mol. The van der Waals surface area contributed by atoms with E-state index in [9.17, 15) is 26.7 Å². The van der Waals surface area contributed by atoms with Crippen molar-refractivity contribution in [3.63, 3.8) is 0 Å². The minimum atomic E-state index is -2.30. The molecule has 0 saturated heterocycles. The van der Waals surface area contributed by atoms with Crippen LogP contribution in [0, 0.1) is 36.0 Å². The van der Waals surface area contributed by atoms with Crippen molar-refractivity contribution < 1.29 is 31.5 Å². The van der Waals surface area contributed by atoms with Crippen molar-refractivity contribution >= 4 is 34.5 Å². The third kappa shape index (κ3) is 4.35. The number of thiophene rings is 1. The molecule has 1 aromatic heterocycles. The first-order valence-electron chi connectivity index (χ1n) is 7.98. The van der Waals surface area contributed by atoms with Gasteiger partial charge in [0.25, 0.3) is 5.91 Å². The minimum absolute atomic E-state index is 0.000159. The summed E-state index contributed by atoms with van der Waals surface area (Å²) in [5.41, 5.74) is -0.0169. The average Bonchev–Trinajstić information content (AvgIpc) is 3.18. The van der Waals surface area contributed by atoms with Crippen molar-refractivity contribution in [2.75, 3.05) is 5.32 Å². The molecular formula is C19H11ClF5NO2S. The Hall–Kier alpha value is -2.65. The van der Waals surface area contributed by atoms with Crippen LogP contribution in [-0.4, -0.2) is 5.91 Å². The molecule has 1 amide bonds. The SMILES string of the molecule is Cc1cc(OCc2csc(C(=O)Nc3c(F)c(F)c(F)c(F)c3F)c2)ccc1Cl. The molecule has 0 aliphatic carbocycles. The van der Waals surface area contributed by atoms with Gasteiger partial charge in [-0.2, -0.15) is 0 Å². The minimum Gasteiger partial charge on any atom is -0.489 e. The Morgan fingerprint density at radius 2 is 1.66 bits per heavy atom. The predicted octanol–water partition coefficient (Wildman–Crippen LogP) is 6.24. The van der Waals surface area contributed by atoms with Crippen molar-refractivity contribution in [3.05, 3.63) is 79.8 Å². The summed E-state index contributed by atoms with van der Waals surface area (Å²) in [4.78, 5) is 12.2. The van der Waals surface area contributed by atoms with E-state index in [0.717, 1.165) is 16.9 Å². The molecule has 3 rings (SSSR count). The van der Waals surface area contributed by atoms with Gasteiger partial charge in [0, 0.05) is 10.6 Å². The van der Waals surface area contributed by atoms with Crippen LogP contribution in [0.25, 0.3) is 0 Å². The second-order valence-electron chi connectivity index (χ2n) is 5.92. The van der Waals surface area contributed by atoms with Crippen molar-refractivity contribution in [1.29, 1.82) is 0 Å². The van der Waals surface area contributed by atoms with Crippen LogP contribution in [0.3, 0.4) is 0 Å². The Bertz CT molecular complexity index is 1070. The van der Waals surface area contributed by atoms with Crippen molar-refractivity contribution in [3.8, 4) is 5.75 Å². The van der Waals surface area contributed by atoms with E-state index >= 15 is 0 Å². The summed E-state index contributed by atoms with van der Waals surface area (Å²) in [6, 6.07) is 6.45. The first kappa shape index (κ1) is 21.1. The molecule has 0 unspecified atom stereocenters. The largest absolute Gasteiger partial charge is 0.489 e. The molecule has 0 radical (unpaired) electrons. The zero-order valence-corrected chi connectivity index (χ0v) is 16.2. The number of carbonyl (C=O) groups is 1. The number of nitrogens with one attached hydrogen (secondary N) is 1. The number of carbonyl (C=O) groups excluding carboxylic acids is 1. The van der Waals surface area contributed by atoms with Gasteiger partial charge >= 0.3 is 0 Å². The number of benzene rings is 2. The van der Waals surface area contributed by atoms with Crippen LogP contribution >= 0.6 is 22.9 Å². The number of hydrogen-bond donors (Lipinski definition) is 1. The highest BCUT2D eigenvalue weighted by atomic mass is 35.5. The zero-order valence-electron chi connectivity index (χ0n) is 14.6. The van der Waals surface area contributed by atoms with Gasteiger partial charge in [-0.25, -0.2) is 22.0 Å². The van der Waals surface area contributed by atoms with E-state index in [0.29, 0.717) is 16.3 Å². The summed E-state index contributed by atoms with van der Waals surface area (Å²) in [6.45, 7) is 1.90. The van der Waals surface area contributed by atoms with Crippen LogP contribution in [-0.2, 0) is 6.61 Å². The molecule has 0 saturated carbocycles. The summed E-state index contributed by atoms with van der Waals surface area (Å²) < 4.78 is 72.5. The Morgan fingerprint density at radius 3 is 2.28 bits per heavy atom. The highest BCUT2D eigenvalue weighted by Gasteiger charge is 2.27. The average molecular weight is 448 g/mol. The van der Waals surface area contributed by atoms with Gasteiger partial charge in [0.1, 0.15) is 18.0 Å². The van der Waals surface area contributed by atoms with Crippen LogP contribution in [0.5, 0.6) is 5.75 Å². The molecule has 152 valence electrons. The highest BCUT2D eigenvalue weighted by Crippen LogP contribution is 2.28. The summed E-state index contributed by atoms with van der Waals surface area (Å²) in [5.74, 6) is -11.3. The van der Waals surface area contributed by atoms with E-state index < -0.39 is 40.7 Å². The molecule has 1 heterocycles. The molecule has 1 N–H and O–H groups in total. The normalized spacial score (nSPS) is 10.9. The summed E-state index contributed by atoms with van der Waals surface area (Å²) in [6.07, 6.45) is 0. The van der Waals surface area contributed by atoms with E-state index in [1.165, 1.54) is 6.07 Å². The van der Waals surface area contributed by atoms with Crippen LogP contribution in [0.15, 0.2) is 29.6 Å². The fourth-order valence-electron chi connectivity index (χ4n) is 2.33. The Balaban J connectivity index is 1.72. The van der Waals surface area contributed by atoms with E-state index in [-0.39, 0.29) is 11.5 Å². The lowest BCUT2D eigenvalue weighted by Gasteiger charge is -2.09. The van der Waals surface area contributed by atoms with Crippen LogP contribution < -0.4 is 10.1 Å². The lowest BCUT2D eigenvalue weighted by molar-refractivity contribution is 0.102. The van der Waals surface area contributed by atoms with E-state index in [1.807, 2.05) is 6.92 Å². The number of anilines is 1. The first-order chi connectivity index (χ1) is 13.7. The number of rotatable bonds is 5. The van der Waals surface area contributed by atoms with Gasteiger partial charge in [0.2, 0.25) is 5.82 Å². The third-order valence-electron chi connectivity index (χ3n) is 3.86. The molecule has 0 atom stereocenters. The summed E-state index contributed by atoms with van der Waals surface area (Å²) >= 11 is 6.85.